The third kappa shape index (κ3) is 3.19. The molecule has 5 heteroatoms. The van der Waals surface area contributed by atoms with Gasteiger partial charge in [0.15, 0.2) is 2.82 Å². The number of fused-ring (bicyclic) bond motifs is 1. The molecule has 21 heavy (non-hydrogen) atoms. The van der Waals surface area contributed by atoms with Gasteiger partial charge < -0.3 is 19.9 Å². The molecule has 0 saturated carbocycles. The Morgan fingerprint density at radius 3 is 3.29 bits per heavy atom. The summed E-state index contributed by atoms with van der Waals surface area (Å²) in [5.41, 5.74) is -2.00. The zero-order valence-electron chi connectivity index (χ0n) is 26.6. The summed E-state index contributed by atoms with van der Waals surface area (Å²) in [6, 6.07) is -3.11. The summed E-state index contributed by atoms with van der Waals surface area (Å²) in [4.78, 5) is 11.1. The van der Waals surface area contributed by atoms with Crippen molar-refractivity contribution in [3.63, 3.8) is 0 Å². The van der Waals surface area contributed by atoms with Crippen LogP contribution in [0, 0.1) is 0 Å². The van der Waals surface area contributed by atoms with Gasteiger partial charge in [-0.3, -0.25) is 0 Å². The van der Waals surface area contributed by atoms with Crippen LogP contribution >= 0.6 is 0 Å². The fraction of sp³-hybridized carbons (Fsp3) is 0.438. The van der Waals surface area contributed by atoms with Gasteiger partial charge in [-0.25, -0.2) is 4.79 Å². The molecule has 3 rings (SSSR count). The van der Waals surface area contributed by atoms with Gasteiger partial charge in [0, 0.05) is 37.3 Å². The third-order valence-corrected chi connectivity index (χ3v) is 2.79. The van der Waals surface area contributed by atoms with Crippen LogP contribution in [-0.4, -0.2) is 49.1 Å². The topological polar surface area (TPSA) is 57.4 Å². The van der Waals surface area contributed by atoms with Crippen molar-refractivity contribution >= 4 is 17.0 Å². The second kappa shape index (κ2) is 5.77. The number of nitrogens with one attached hydrogen (secondary N) is 2. The highest BCUT2D eigenvalue weighted by Gasteiger charge is 2.22. The molecule has 0 aliphatic carbocycles. The number of hydrogen-bond acceptors (Lipinski definition) is 3. The lowest BCUT2D eigenvalue weighted by molar-refractivity contribution is 0.177. The van der Waals surface area contributed by atoms with Crippen LogP contribution in [-0.2, 0) is 17.5 Å². The first-order valence-electron chi connectivity index (χ1n) is 13.9. The van der Waals surface area contributed by atoms with Crippen molar-refractivity contribution in [2.24, 2.45) is 0 Å². The van der Waals surface area contributed by atoms with Gasteiger partial charge in [-0.2, -0.15) is 0 Å². The summed E-state index contributed by atoms with van der Waals surface area (Å²) in [6.45, 7) is -11.5. The number of aromatic amines is 1. The quantitative estimate of drug-likeness (QED) is 0.887. The van der Waals surface area contributed by atoms with Crippen LogP contribution in [0.4, 0.5) is 4.79 Å². The Labute approximate surface area is 146 Å². The van der Waals surface area contributed by atoms with Crippen LogP contribution in [0.1, 0.15) is 30.3 Å². The molecule has 0 spiro atoms. The zero-order chi connectivity index (χ0) is 28.6. The molecule has 5 nitrogen and oxygen atoms in total. The number of aromatic nitrogens is 1. The van der Waals surface area contributed by atoms with E-state index in [1.807, 2.05) is 0 Å². The fourth-order valence-corrected chi connectivity index (χ4v) is 1.91. The number of carbonyl (C=O) groups excluding carboxylic acids is 1. The van der Waals surface area contributed by atoms with Gasteiger partial charge in [0.1, 0.15) is 6.61 Å². The molecule has 1 atom stereocenters. The third-order valence-electron chi connectivity index (χ3n) is 2.79. The van der Waals surface area contributed by atoms with E-state index in [2.05, 4.69) is 0 Å². The predicted molar refractivity (Wildman–Crippen MR) is 82.5 cm³/mol. The van der Waals surface area contributed by atoms with Crippen molar-refractivity contribution in [3.8, 4) is 0 Å². The van der Waals surface area contributed by atoms with E-state index in [0.717, 1.165) is 0 Å². The number of carbonyl (C=O) groups is 1. The SMILES string of the molecule is [2H]c1c(C[C@H]2COC(=O)N2[2H])c([2H])c2c(C([2H])([2H])C([2H])([2H])N(C([2H])([2H])[2H])C([2H])([2H])[2H])c([2H])n([2H])c2c1[2H]. The van der Waals surface area contributed by atoms with Crippen molar-refractivity contribution in [2.75, 3.05) is 27.1 Å². The Morgan fingerprint density at radius 2 is 2.52 bits per heavy atom. The average molecular weight is 303 g/mol. The molecule has 1 aromatic carbocycles. The number of rotatable bonds is 5. The highest BCUT2D eigenvalue weighted by atomic mass is 16.6. The molecule has 112 valence electrons. The monoisotopic (exact) mass is 303 g/mol. The molecule has 0 unspecified atom stereocenters. The molecule has 1 aliphatic rings. The van der Waals surface area contributed by atoms with Gasteiger partial charge in [-0.1, -0.05) is 6.04 Å². The van der Waals surface area contributed by atoms with Crippen LogP contribution in [0.15, 0.2) is 24.3 Å². The number of amides is 1. The Balaban J connectivity index is 2.35. The summed E-state index contributed by atoms with van der Waals surface area (Å²) < 4.78 is 133. The molecule has 0 bridgehead atoms. The second-order valence-corrected chi connectivity index (χ2v) is 4.31. The summed E-state index contributed by atoms with van der Waals surface area (Å²) in [5.74, 6) is 0. The Morgan fingerprint density at radius 1 is 1.62 bits per heavy atom. The lowest BCUT2D eigenvalue weighted by Crippen LogP contribution is -2.28. The second-order valence-electron chi connectivity index (χ2n) is 4.31. The van der Waals surface area contributed by atoms with Crippen LogP contribution < -0.4 is 5.31 Å². The lowest BCUT2D eigenvalue weighted by Gasteiger charge is -2.09. The Hall–Kier alpha value is -2.01. The van der Waals surface area contributed by atoms with Crippen molar-refractivity contribution in [2.45, 2.75) is 18.8 Å². The highest BCUT2D eigenvalue weighted by molar-refractivity contribution is 5.84. The maximum absolute atomic E-state index is 11.5. The van der Waals surface area contributed by atoms with Crippen molar-refractivity contribution < 1.29 is 31.5 Å². The number of nitrogens with zero attached hydrogens (tertiary/aromatic N) is 1. The fourth-order valence-electron chi connectivity index (χ4n) is 1.91. The van der Waals surface area contributed by atoms with Crippen LogP contribution in [0.3, 0.4) is 0 Å². The molecule has 1 fully saturated rings. The number of alkyl carbamates (subject to hydrolysis) is 1. The number of cyclic esters (lactones) is 1. The largest absolute Gasteiger partial charge is 0.447 e. The average Bonchev–Trinajstić information content (AvgIpc) is 3.17. The number of H-pyrrole nitrogens is 1. The smallest absolute Gasteiger partial charge is 0.407 e. The first kappa shape index (κ1) is 4.49. The molecule has 2 heterocycles. The molecule has 2 N–H and O–H groups in total. The maximum atomic E-state index is 11.5. The van der Waals surface area contributed by atoms with E-state index >= 15 is 0 Å². The number of likely N-dealkylation sites (N-methyl/N-ethyl adjacent to an activating group) is 1. The molecule has 1 aromatic heterocycles. The molecule has 1 amide bonds. The molecular weight excluding hydrogens is 266 g/mol. The molecule has 1 aliphatic heterocycles. The van der Waals surface area contributed by atoms with Crippen molar-refractivity contribution in [1.29, 1.82) is 0 Å². The summed E-state index contributed by atoms with van der Waals surface area (Å²) >= 11 is 0. The van der Waals surface area contributed by atoms with Gasteiger partial charge >= 0.3 is 6.09 Å². The van der Waals surface area contributed by atoms with E-state index in [-0.39, 0.29) is 17.1 Å². The van der Waals surface area contributed by atoms with E-state index in [9.17, 15) is 4.79 Å². The molecular formula is C16H21N3O2. The summed E-state index contributed by atoms with van der Waals surface area (Å²) in [7, 11) is 0. The number of aryl methyl sites for hydroxylation is 1. The number of hydrogen-bond donors (Lipinski definition) is 2. The van der Waals surface area contributed by atoms with Crippen LogP contribution in [0.25, 0.3) is 10.9 Å². The van der Waals surface area contributed by atoms with Crippen molar-refractivity contribution in [1.82, 2.24) is 15.2 Å². The molecule has 1 saturated heterocycles. The van der Waals surface area contributed by atoms with E-state index in [1.54, 1.807) is 0 Å². The predicted octanol–water partition coefficient (Wildman–Crippen LogP) is 1.92. The van der Waals surface area contributed by atoms with Gasteiger partial charge in [0.05, 0.1) is 11.5 Å². The first-order chi connectivity index (χ1) is 16.6. The summed E-state index contributed by atoms with van der Waals surface area (Å²) in [5, 5.41) is -0.232. The van der Waals surface area contributed by atoms with Crippen molar-refractivity contribution in [3.05, 3.63) is 35.4 Å². The van der Waals surface area contributed by atoms with E-state index in [4.69, 9.17) is 26.8 Å². The normalized spacial score (nSPS) is 32.3. The van der Waals surface area contributed by atoms with E-state index in [1.165, 1.54) is 0 Å². The van der Waals surface area contributed by atoms with E-state index in [0.29, 0.717) is 5.31 Å². The van der Waals surface area contributed by atoms with Crippen LogP contribution in [0.5, 0.6) is 0 Å². The maximum Gasteiger partial charge on any atom is 0.407 e. The van der Waals surface area contributed by atoms with Gasteiger partial charge in [-0.15, -0.1) is 0 Å². The standard InChI is InChI=1S/C16H21N3O2/c1-19(2)6-5-12-9-17-15-4-3-11(8-14(12)15)7-13-10-21-16(20)18-13/h3-4,8-9,13,17H,5-7,10H2,1-2H3,(H,18,20)/t13-/m0/s1/i1D3,2D3,3D,4D,5D2,6D2,8D,9D/hD2. The number of benzene rings is 1. The van der Waals surface area contributed by atoms with Gasteiger partial charge in [0.25, 0.3) is 0 Å². The minimum absolute atomic E-state index is 0.175. The molecule has 0 radical (unpaired) electrons. The number of ether oxygens (including phenoxy) is 1. The van der Waals surface area contributed by atoms with Gasteiger partial charge in [0.2, 0.25) is 0 Å². The lowest BCUT2D eigenvalue weighted by atomic mass is 10.0. The minimum Gasteiger partial charge on any atom is -0.447 e. The molecule has 2 aromatic rings. The van der Waals surface area contributed by atoms with E-state index < -0.39 is 91.0 Å². The first-order valence-corrected chi connectivity index (χ1v) is 5.97. The minimum atomic E-state index is -3.87. The van der Waals surface area contributed by atoms with Gasteiger partial charge in [-0.05, 0) is 50.0 Å². The highest BCUT2D eigenvalue weighted by Crippen LogP contribution is 2.21. The summed E-state index contributed by atoms with van der Waals surface area (Å²) in [6.07, 6.45) is -6.15. The van der Waals surface area contributed by atoms with Crippen LogP contribution in [0.2, 0.25) is 2.82 Å². The zero-order valence-corrected chi connectivity index (χ0v) is 10.6. The Bertz CT molecular complexity index is 1240. The Kier molecular flexibility index (Phi) is 1.23.